The van der Waals surface area contributed by atoms with Crippen LogP contribution in [0.2, 0.25) is 0 Å². The first kappa shape index (κ1) is 19.7. The molecule has 28 heavy (non-hydrogen) atoms. The number of rotatable bonds is 4. The highest BCUT2D eigenvalue weighted by molar-refractivity contribution is 6.01. The molecule has 0 saturated heterocycles. The van der Waals surface area contributed by atoms with Crippen molar-refractivity contribution in [1.29, 1.82) is 5.26 Å². The molecule has 1 fully saturated rings. The molecule has 0 radical (unpaired) electrons. The third-order valence-electron chi connectivity index (χ3n) is 5.61. The zero-order valence-corrected chi connectivity index (χ0v) is 16.1. The number of hydrogen-bond donors (Lipinski definition) is 1. The first-order valence-corrected chi connectivity index (χ1v) is 9.50. The van der Waals surface area contributed by atoms with Gasteiger partial charge in [0.15, 0.2) is 6.10 Å². The molecule has 1 amide bonds. The topological polar surface area (TPSA) is 90.6 Å². The van der Waals surface area contributed by atoms with Crippen molar-refractivity contribution in [2.24, 2.45) is 0 Å². The molecule has 0 spiro atoms. The lowest BCUT2D eigenvalue weighted by Crippen LogP contribution is -2.53. The molecule has 0 unspecified atom stereocenters. The smallest absolute Gasteiger partial charge is 0.342 e. The third kappa shape index (κ3) is 3.53. The summed E-state index contributed by atoms with van der Waals surface area (Å²) >= 11 is 0. The summed E-state index contributed by atoms with van der Waals surface area (Å²) in [6.07, 6.45) is 3.03. The summed E-state index contributed by atoms with van der Waals surface area (Å²) in [6.45, 7) is 1.49. The number of likely N-dealkylation sites (N-methyl/N-ethyl adjacent to an activating group) is 1. The highest BCUT2D eigenvalue weighted by Crippen LogP contribution is 2.33. The van der Waals surface area contributed by atoms with Gasteiger partial charge in [-0.2, -0.15) is 5.26 Å². The van der Waals surface area contributed by atoms with Crippen molar-refractivity contribution in [3.63, 3.8) is 0 Å². The summed E-state index contributed by atoms with van der Waals surface area (Å²) in [5.74, 6) is -1.36. The summed E-state index contributed by atoms with van der Waals surface area (Å²) in [6, 6.07) is 12.6. The van der Waals surface area contributed by atoms with Crippen LogP contribution in [0, 0.1) is 11.3 Å². The van der Waals surface area contributed by atoms with Gasteiger partial charge in [0.25, 0.3) is 5.91 Å². The van der Waals surface area contributed by atoms with Gasteiger partial charge in [-0.3, -0.25) is 4.79 Å². The van der Waals surface area contributed by atoms with E-state index in [1.54, 1.807) is 25.2 Å². The highest BCUT2D eigenvalue weighted by atomic mass is 16.5. The Morgan fingerprint density at radius 2 is 1.86 bits per heavy atom. The molecule has 6 nitrogen and oxygen atoms in total. The van der Waals surface area contributed by atoms with Gasteiger partial charge in [-0.05, 0) is 31.2 Å². The molecule has 0 aromatic heterocycles. The second-order valence-corrected chi connectivity index (χ2v) is 7.33. The average Bonchev–Trinajstić information content (AvgIpc) is 2.73. The van der Waals surface area contributed by atoms with Crippen LogP contribution in [0.4, 0.5) is 0 Å². The van der Waals surface area contributed by atoms with Gasteiger partial charge >= 0.3 is 5.97 Å². The Balaban J connectivity index is 1.76. The van der Waals surface area contributed by atoms with Crippen molar-refractivity contribution in [2.45, 2.75) is 50.7 Å². The van der Waals surface area contributed by atoms with Crippen LogP contribution in [0.25, 0.3) is 10.8 Å². The van der Waals surface area contributed by atoms with Crippen molar-refractivity contribution in [3.8, 4) is 11.8 Å². The summed E-state index contributed by atoms with van der Waals surface area (Å²) in [5.41, 5.74) is -0.838. The number of carbonyl (C=O) groups is 2. The molecule has 1 N–H and O–H groups in total. The van der Waals surface area contributed by atoms with E-state index in [-0.39, 0.29) is 11.3 Å². The lowest BCUT2D eigenvalue weighted by atomic mass is 9.81. The molecule has 1 aliphatic rings. The first-order valence-electron chi connectivity index (χ1n) is 9.50. The van der Waals surface area contributed by atoms with Gasteiger partial charge in [0, 0.05) is 12.4 Å². The largest absolute Gasteiger partial charge is 0.506 e. The summed E-state index contributed by atoms with van der Waals surface area (Å²) < 4.78 is 5.33. The van der Waals surface area contributed by atoms with Crippen molar-refractivity contribution < 1.29 is 19.4 Å². The predicted molar refractivity (Wildman–Crippen MR) is 105 cm³/mol. The fraction of sp³-hybridized carbons (Fsp3) is 0.409. The normalized spacial score (nSPS) is 16.8. The van der Waals surface area contributed by atoms with Crippen LogP contribution >= 0.6 is 0 Å². The molecule has 0 heterocycles. The Labute approximate surface area is 164 Å². The highest BCUT2D eigenvalue weighted by Gasteiger charge is 2.40. The number of aromatic hydroxyl groups is 1. The number of nitriles is 1. The number of phenolic OH excluding ortho intramolecular Hbond substituents is 1. The van der Waals surface area contributed by atoms with Crippen LogP contribution < -0.4 is 0 Å². The van der Waals surface area contributed by atoms with E-state index < -0.39 is 23.5 Å². The van der Waals surface area contributed by atoms with Gasteiger partial charge in [0.2, 0.25) is 0 Å². The zero-order chi connectivity index (χ0) is 20.3. The van der Waals surface area contributed by atoms with Crippen molar-refractivity contribution in [2.75, 3.05) is 7.05 Å². The molecule has 146 valence electrons. The lowest BCUT2D eigenvalue weighted by Gasteiger charge is -2.39. The van der Waals surface area contributed by atoms with Gasteiger partial charge in [-0.15, -0.1) is 0 Å². The van der Waals surface area contributed by atoms with E-state index in [1.807, 2.05) is 12.1 Å². The van der Waals surface area contributed by atoms with Gasteiger partial charge in [0.1, 0.15) is 16.9 Å². The second-order valence-electron chi connectivity index (χ2n) is 7.33. The number of amides is 1. The number of benzene rings is 2. The number of fused-ring (bicyclic) bond motifs is 1. The number of esters is 1. The van der Waals surface area contributed by atoms with Crippen LogP contribution in [0.15, 0.2) is 36.4 Å². The van der Waals surface area contributed by atoms with Crippen LogP contribution in [-0.4, -0.2) is 40.6 Å². The molecular formula is C22H24N2O4. The quantitative estimate of drug-likeness (QED) is 0.815. The maximum absolute atomic E-state index is 12.8. The zero-order valence-electron chi connectivity index (χ0n) is 16.1. The van der Waals surface area contributed by atoms with Gasteiger partial charge in [0.05, 0.1) is 6.07 Å². The predicted octanol–water partition coefficient (Wildman–Crippen LogP) is 3.78. The number of carbonyl (C=O) groups excluding carboxylic acids is 2. The Morgan fingerprint density at radius 1 is 1.18 bits per heavy atom. The monoisotopic (exact) mass is 380 g/mol. The molecule has 1 aliphatic carbocycles. The minimum absolute atomic E-state index is 0.00802. The molecule has 6 heteroatoms. The third-order valence-corrected chi connectivity index (χ3v) is 5.61. The minimum atomic E-state index is -1.06. The van der Waals surface area contributed by atoms with Gasteiger partial charge < -0.3 is 14.7 Å². The average molecular weight is 380 g/mol. The fourth-order valence-electron chi connectivity index (χ4n) is 3.84. The van der Waals surface area contributed by atoms with Crippen LogP contribution in [0.5, 0.6) is 5.75 Å². The summed E-state index contributed by atoms with van der Waals surface area (Å²) in [7, 11) is 1.59. The standard InChI is InChI=1S/C22H24N2O4/c1-15(20(26)24(2)22(14-23)12-6-3-7-13-22)28-21(27)18-11-10-16-8-4-5-9-17(16)19(18)25/h4-5,8-11,15,25H,3,6-7,12-13H2,1-2H3/t15-/m1/s1. The number of ether oxygens (including phenoxy) is 1. The maximum Gasteiger partial charge on any atom is 0.342 e. The van der Waals surface area contributed by atoms with Gasteiger partial charge in [-0.25, -0.2) is 4.79 Å². The van der Waals surface area contributed by atoms with Crippen molar-refractivity contribution in [3.05, 3.63) is 42.0 Å². The Morgan fingerprint density at radius 3 is 2.54 bits per heavy atom. The number of nitrogens with zero attached hydrogens (tertiary/aromatic N) is 2. The Kier molecular flexibility index (Phi) is 5.55. The number of phenols is 1. The lowest BCUT2D eigenvalue weighted by molar-refractivity contribution is -0.143. The van der Waals surface area contributed by atoms with Crippen molar-refractivity contribution in [1.82, 2.24) is 4.90 Å². The van der Waals surface area contributed by atoms with Crippen LogP contribution in [-0.2, 0) is 9.53 Å². The molecule has 1 saturated carbocycles. The van der Waals surface area contributed by atoms with E-state index in [2.05, 4.69) is 6.07 Å². The Hall–Kier alpha value is -3.07. The van der Waals surface area contributed by atoms with Crippen LogP contribution in [0.3, 0.4) is 0 Å². The molecule has 2 aromatic rings. The summed E-state index contributed by atoms with van der Waals surface area (Å²) in [5, 5.41) is 21.4. The van der Waals surface area contributed by atoms with E-state index in [0.717, 1.165) is 24.6 Å². The molecule has 0 bridgehead atoms. The molecule has 3 rings (SSSR count). The first-order chi connectivity index (χ1) is 13.4. The van der Waals surface area contributed by atoms with E-state index >= 15 is 0 Å². The number of hydrogen-bond acceptors (Lipinski definition) is 5. The van der Waals surface area contributed by atoms with Crippen molar-refractivity contribution >= 4 is 22.6 Å². The molecule has 0 aliphatic heterocycles. The van der Waals surface area contributed by atoms with E-state index in [1.165, 1.54) is 17.9 Å². The maximum atomic E-state index is 12.8. The van der Waals surface area contributed by atoms with Gasteiger partial charge in [-0.1, -0.05) is 49.6 Å². The Bertz CT molecular complexity index is 941. The summed E-state index contributed by atoms with van der Waals surface area (Å²) in [4.78, 5) is 26.8. The molecule has 1 atom stereocenters. The molecule has 2 aromatic carbocycles. The SMILES string of the molecule is C[C@@H](OC(=O)c1ccc2ccccc2c1O)C(=O)N(C)C1(C#N)CCCCC1. The van der Waals surface area contributed by atoms with E-state index in [0.29, 0.717) is 18.2 Å². The minimum Gasteiger partial charge on any atom is -0.506 e. The fourth-order valence-corrected chi connectivity index (χ4v) is 3.84. The van der Waals surface area contributed by atoms with E-state index in [9.17, 15) is 20.0 Å². The second kappa shape index (κ2) is 7.89. The van der Waals surface area contributed by atoms with E-state index in [4.69, 9.17) is 4.74 Å². The molecular weight excluding hydrogens is 356 g/mol. The van der Waals surface area contributed by atoms with Crippen LogP contribution in [0.1, 0.15) is 49.4 Å².